The van der Waals surface area contributed by atoms with Gasteiger partial charge in [0.25, 0.3) is 0 Å². The SMILES string of the molecule is CC1CCC(C#N)(OC(C)C(C)O)C(C)C1. The van der Waals surface area contributed by atoms with Crippen LogP contribution in [0.25, 0.3) is 0 Å². The predicted molar refractivity (Wildman–Crippen MR) is 62.8 cm³/mol. The zero-order valence-corrected chi connectivity index (χ0v) is 10.7. The largest absolute Gasteiger partial charge is 0.391 e. The molecule has 1 aliphatic carbocycles. The van der Waals surface area contributed by atoms with Crippen molar-refractivity contribution in [3.05, 3.63) is 0 Å². The first-order chi connectivity index (χ1) is 7.41. The lowest BCUT2D eigenvalue weighted by molar-refractivity contribution is -0.135. The van der Waals surface area contributed by atoms with E-state index in [2.05, 4.69) is 19.9 Å². The highest BCUT2D eigenvalue weighted by atomic mass is 16.5. The van der Waals surface area contributed by atoms with Crippen LogP contribution in [0.2, 0.25) is 0 Å². The first-order valence-electron chi connectivity index (χ1n) is 6.18. The Morgan fingerprint density at radius 1 is 1.44 bits per heavy atom. The van der Waals surface area contributed by atoms with Gasteiger partial charge in [-0.3, -0.25) is 0 Å². The minimum Gasteiger partial charge on any atom is -0.391 e. The van der Waals surface area contributed by atoms with Crippen LogP contribution < -0.4 is 0 Å². The van der Waals surface area contributed by atoms with Crippen LogP contribution >= 0.6 is 0 Å². The van der Waals surface area contributed by atoms with Crippen molar-refractivity contribution in [3.8, 4) is 6.07 Å². The van der Waals surface area contributed by atoms with E-state index in [-0.39, 0.29) is 12.0 Å². The summed E-state index contributed by atoms with van der Waals surface area (Å²) in [4.78, 5) is 0. The van der Waals surface area contributed by atoms with Gasteiger partial charge in [0.2, 0.25) is 0 Å². The average Bonchev–Trinajstić information content (AvgIpc) is 2.22. The van der Waals surface area contributed by atoms with E-state index in [1.54, 1.807) is 6.92 Å². The highest BCUT2D eigenvalue weighted by Crippen LogP contribution is 2.39. The summed E-state index contributed by atoms with van der Waals surface area (Å²) in [6.45, 7) is 7.82. The molecular weight excluding hydrogens is 202 g/mol. The van der Waals surface area contributed by atoms with Gasteiger partial charge >= 0.3 is 0 Å². The first-order valence-corrected chi connectivity index (χ1v) is 6.18. The van der Waals surface area contributed by atoms with Crippen molar-refractivity contribution < 1.29 is 9.84 Å². The monoisotopic (exact) mass is 225 g/mol. The predicted octanol–water partition coefficient (Wildman–Crippen LogP) is 2.49. The number of hydrogen-bond acceptors (Lipinski definition) is 3. The van der Waals surface area contributed by atoms with E-state index in [1.165, 1.54) is 0 Å². The second-order valence-electron chi connectivity index (χ2n) is 5.35. The summed E-state index contributed by atoms with van der Waals surface area (Å²) in [7, 11) is 0. The third kappa shape index (κ3) is 2.75. The zero-order valence-electron chi connectivity index (χ0n) is 10.7. The minimum atomic E-state index is -0.692. The van der Waals surface area contributed by atoms with Crippen LogP contribution in [0.3, 0.4) is 0 Å². The van der Waals surface area contributed by atoms with Gasteiger partial charge in [0, 0.05) is 0 Å². The van der Waals surface area contributed by atoms with E-state index in [9.17, 15) is 10.4 Å². The number of aliphatic hydroxyl groups excluding tert-OH is 1. The Labute approximate surface area is 98.4 Å². The van der Waals surface area contributed by atoms with E-state index in [0.717, 1.165) is 19.3 Å². The average molecular weight is 225 g/mol. The maximum atomic E-state index is 9.47. The number of nitriles is 1. The standard InChI is InChI=1S/C13H23NO2/c1-9-5-6-13(8-14,10(2)7-9)16-12(4)11(3)15/h9-12,15H,5-7H2,1-4H3. The molecule has 1 fully saturated rings. The molecule has 0 saturated heterocycles. The number of nitrogens with zero attached hydrogens (tertiary/aromatic N) is 1. The Hall–Kier alpha value is -0.590. The molecule has 1 N–H and O–H groups in total. The molecule has 0 heterocycles. The summed E-state index contributed by atoms with van der Waals surface area (Å²) in [5, 5.41) is 18.8. The smallest absolute Gasteiger partial charge is 0.157 e. The molecule has 0 bridgehead atoms. The zero-order chi connectivity index (χ0) is 12.3. The van der Waals surface area contributed by atoms with Crippen molar-refractivity contribution in [2.45, 2.75) is 64.8 Å². The molecule has 3 nitrogen and oxygen atoms in total. The fraction of sp³-hybridized carbons (Fsp3) is 0.923. The quantitative estimate of drug-likeness (QED) is 0.803. The third-order valence-electron chi connectivity index (χ3n) is 3.83. The topological polar surface area (TPSA) is 53.2 Å². The Balaban J connectivity index is 2.74. The summed E-state index contributed by atoms with van der Waals surface area (Å²) < 4.78 is 5.84. The highest BCUT2D eigenvalue weighted by Gasteiger charge is 2.43. The summed E-state index contributed by atoms with van der Waals surface area (Å²) >= 11 is 0. The van der Waals surface area contributed by atoms with Crippen LogP contribution in [-0.2, 0) is 4.74 Å². The van der Waals surface area contributed by atoms with E-state index in [0.29, 0.717) is 5.92 Å². The number of aliphatic hydroxyl groups is 1. The van der Waals surface area contributed by atoms with Crippen LogP contribution in [0, 0.1) is 23.2 Å². The van der Waals surface area contributed by atoms with Crippen molar-refractivity contribution in [2.24, 2.45) is 11.8 Å². The summed E-state index contributed by atoms with van der Waals surface area (Å²) in [5.41, 5.74) is -0.692. The molecule has 1 aliphatic rings. The molecule has 0 aromatic rings. The number of ether oxygens (including phenoxy) is 1. The van der Waals surface area contributed by atoms with Crippen molar-refractivity contribution in [1.29, 1.82) is 5.26 Å². The van der Waals surface area contributed by atoms with E-state index in [4.69, 9.17) is 4.74 Å². The van der Waals surface area contributed by atoms with Gasteiger partial charge in [0.15, 0.2) is 5.60 Å². The van der Waals surface area contributed by atoms with Gasteiger partial charge in [-0.1, -0.05) is 13.8 Å². The third-order valence-corrected chi connectivity index (χ3v) is 3.83. The van der Waals surface area contributed by atoms with E-state index in [1.807, 2.05) is 6.92 Å². The summed E-state index contributed by atoms with van der Waals surface area (Å²) in [6.07, 6.45) is 2.03. The van der Waals surface area contributed by atoms with Gasteiger partial charge in [-0.2, -0.15) is 5.26 Å². The maximum absolute atomic E-state index is 9.47. The van der Waals surface area contributed by atoms with Crippen LogP contribution in [0.1, 0.15) is 47.0 Å². The van der Waals surface area contributed by atoms with Crippen LogP contribution in [0.5, 0.6) is 0 Å². The van der Waals surface area contributed by atoms with Crippen LogP contribution in [0.4, 0.5) is 0 Å². The highest BCUT2D eigenvalue weighted by molar-refractivity contribution is 5.08. The van der Waals surface area contributed by atoms with Gasteiger partial charge in [0.1, 0.15) is 0 Å². The van der Waals surface area contributed by atoms with Crippen LogP contribution in [0.15, 0.2) is 0 Å². The minimum absolute atomic E-state index is 0.238. The van der Waals surface area contributed by atoms with Gasteiger partial charge in [-0.15, -0.1) is 0 Å². The Bertz CT molecular complexity index is 272. The first kappa shape index (κ1) is 13.5. The van der Waals surface area contributed by atoms with Crippen molar-refractivity contribution in [1.82, 2.24) is 0 Å². The van der Waals surface area contributed by atoms with Crippen LogP contribution in [-0.4, -0.2) is 22.9 Å². The fourth-order valence-corrected chi connectivity index (χ4v) is 2.42. The van der Waals surface area contributed by atoms with Crippen molar-refractivity contribution in [3.63, 3.8) is 0 Å². The lowest BCUT2D eigenvalue weighted by Gasteiger charge is -2.41. The molecule has 0 aromatic carbocycles. The van der Waals surface area contributed by atoms with Crippen molar-refractivity contribution in [2.75, 3.05) is 0 Å². The van der Waals surface area contributed by atoms with Gasteiger partial charge < -0.3 is 9.84 Å². The lowest BCUT2D eigenvalue weighted by Crippen LogP contribution is -2.46. The molecule has 1 rings (SSSR count). The molecular formula is C13H23NO2. The van der Waals surface area contributed by atoms with Gasteiger partial charge in [0.05, 0.1) is 18.3 Å². The second kappa shape index (κ2) is 5.16. The molecule has 0 radical (unpaired) electrons. The van der Waals surface area contributed by atoms with Gasteiger partial charge in [-0.05, 0) is 44.9 Å². The molecule has 5 atom stereocenters. The summed E-state index contributed by atoms with van der Waals surface area (Å²) in [6, 6.07) is 2.34. The molecule has 3 heteroatoms. The molecule has 0 aromatic heterocycles. The maximum Gasteiger partial charge on any atom is 0.157 e. The Morgan fingerprint density at radius 3 is 2.50 bits per heavy atom. The molecule has 92 valence electrons. The molecule has 0 aliphatic heterocycles. The normalized spacial score (nSPS) is 38.8. The molecule has 5 unspecified atom stereocenters. The number of rotatable bonds is 3. The lowest BCUT2D eigenvalue weighted by atomic mass is 9.73. The molecule has 1 saturated carbocycles. The van der Waals surface area contributed by atoms with Gasteiger partial charge in [-0.25, -0.2) is 0 Å². The van der Waals surface area contributed by atoms with Crippen molar-refractivity contribution >= 4 is 0 Å². The molecule has 0 spiro atoms. The Kier molecular flexibility index (Phi) is 4.35. The molecule has 16 heavy (non-hydrogen) atoms. The Morgan fingerprint density at radius 2 is 2.06 bits per heavy atom. The second-order valence-corrected chi connectivity index (χ2v) is 5.35. The number of hydrogen-bond donors (Lipinski definition) is 1. The molecule has 0 amide bonds. The van der Waals surface area contributed by atoms with E-state index >= 15 is 0 Å². The van der Waals surface area contributed by atoms with E-state index < -0.39 is 11.7 Å². The summed E-state index contributed by atoms with van der Waals surface area (Å²) in [5.74, 6) is 0.907. The fourth-order valence-electron chi connectivity index (χ4n) is 2.42.